The standard InChI is InChI=1S/C14H14Cl2N2O2S/c1-17-21(19,20)12-4-2-3-11(8-12)18-9-10-5-6-13(15)14(16)7-10/h2-8,17-18H,9H2,1H3. The van der Waals surface area contributed by atoms with Gasteiger partial charge in [0.2, 0.25) is 10.0 Å². The fourth-order valence-corrected chi connectivity index (χ4v) is 2.84. The number of halogens is 2. The molecule has 0 aliphatic rings. The highest BCUT2D eigenvalue weighted by Gasteiger charge is 2.11. The zero-order valence-electron chi connectivity index (χ0n) is 11.2. The Morgan fingerprint density at radius 2 is 1.81 bits per heavy atom. The number of hydrogen-bond donors (Lipinski definition) is 2. The van der Waals surface area contributed by atoms with E-state index in [4.69, 9.17) is 23.2 Å². The lowest BCUT2D eigenvalue weighted by molar-refractivity contribution is 0.588. The number of rotatable bonds is 5. The summed E-state index contributed by atoms with van der Waals surface area (Å²) in [5.74, 6) is 0. The number of anilines is 1. The molecule has 112 valence electrons. The molecule has 0 saturated heterocycles. The second-order valence-corrected chi connectivity index (χ2v) is 7.04. The molecule has 4 nitrogen and oxygen atoms in total. The van der Waals surface area contributed by atoms with Gasteiger partial charge in [0.15, 0.2) is 0 Å². The third-order valence-electron chi connectivity index (χ3n) is 2.89. The largest absolute Gasteiger partial charge is 0.381 e. The van der Waals surface area contributed by atoms with Crippen LogP contribution in [0.4, 0.5) is 5.69 Å². The normalized spacial score (nSPS) is 11.4. The quantitative estimate of drug-likeness (QED) is 0.872. The van der Waals surface area contributed by atoms with E-state index >= 15 is 0 Å². The van der Waals surface area contributed by atoms with Crippen LogP contribution in [-0.2, 0) is 16.6 Å². The minimum Gasteiger partial charge on any atom is -0.381 e. The average molecular weight is 345 g/mol. The van der Waals surface area contributed by atoms with Crippen molar-refractivity contribution in [3.8, 4) is 0 Å². The number of sulfonamides is 1. The summed E-state index contributed by atoms with van der Waals surface area (Å²) >= 11 is 11.8. The SMILES string of the molecule is CNS(=O)(=O)c1cccc(NCc2ccc(Cl)c(Cl)c2)c1. The Morgan fingerprint density at radius 1 is 1.05 bits per heavy atom. The zero-order valence-corrected chi connectivity index (χ0v) is 13.6. The number of benzene rings is 2. The van der Waals surface area contributed by atoms with Crippen molar-refractivity contribution in [1.82, 2.24) is 4.72 Å². The summed E-state index contributed by atoms with van der Waals surface area (Å²) in [7, 11) is -2.06. The van der Waals surface area contributed by atoms with Crippen LogP contribution in [0.5, 0.6) is 0 Å². The summed E-state index contributed by atoms with van der Waals surface area (Å²) in [6, 6.07) is 11.9. The Kier molecular flexibility index (Phi) is 5.11. The van der Waals surface area contributed by atoms with Gasteiger partial charge in [0.05, 0.1) is 14.9 Å². The first-order valence-corrected chi connectivity index (χ1v) is 8.38. The van der Waals surface area contributed by atoms with Gasteiger partial charge < -0.3 is 5.32 Å². The molecule has 0 spiro atoms. The third kappa shape index (κ3) is 4.11. The van der Waals surface area contributed by atoms with Crippen molar-refractivity contribution in [2.45, 2.75) is 11.4 Å². The summed E-state index contributed by atoms with van der Waals surface area (Å²) in [4.78, 5) is 0.212. The van der Waals surface area contributed by atoms with Gasteiger partial charge in [-0.3, -0.25) is 0 Å². The Balaban J connectivity index is 2.13. The van der Waals surface area contributed by atoms with Crippen molar-refractivity contribution in [1.29, 1.82) is 0 Å². The summed E-state index contributed by atoms with van der Waals surface area (Å²) in [5.41, 5.74) is 1.66. The van der Waals surface area contributed by atoms with Gasteiger partial charge in [0.1, 0.15) is 0 Å². The minimum atomic E-state index is -3.44. The molecule has 0 bridgehead atoms. The molecule has 0 unspecified atom stereocenters. The van der Waals surface area contributed by atoms with Gasteiger partial charge in [-0.1, -0.05) is 35.3 Å². The predicted molar refractivity (Wildman–Crippen MR) is 86.5 cm³/mol. The lowest BCUT2D eigenvalue weighted by Gasteiger charge is -2.09. The van der Waals surface area contributed by atoms with Gasteiger partial charge in [-0.25, -0.2) is 13.1 Å². The highest BCUT2D eigenvalue weighted by molar-refractivity contribution is 7.89. The molecule has 0 amide bonds. The van der Waals surface area contributed by atoms with E-state index in [0.717, 1.165) is 5.56 Å². The molecule has 0 aliphatic carbocycles. The molecule has 21 heavy (non-hydrogen) atoms. The van der Waals surface area contributed by atoms with E-state index in [1.54, 1.807) is 30.3 Å². The Morgan fingerprint density at radius 3 is 2.48 bits per heavy atom. The van der Waals surface area contributed by atoms with E-state index in [-0.39, 0.29) is 4.90 Å². The van der Waals surface area contributed by atoms with Crippen LogP contribution in [0.3, 0.4) is 0 Å². The molecular weight excluding hydrogens is 331 g/mol. The van der Waals surface area contributed by atoms with Crippen LogP contribution in [0, 0.1) is 0 Å². The first kappa shape index (κ1) is 16.1. The molecule has 2 aromatic carbocycles. The zero-order chi connectivity index (χ0) is 15.5. The highest BCUT2D eigenvalue weighted by atomic mass is 35.5. The van der Waals surface area contributed by atoms with Gasteiger partial charge in [-0.05, 0) is 42.9 Å². The molecule has 2 N–H and O–H groups in total. The monoisotopic (exact) mass is 344 g/mol. The van der Waals surface area contributed by atoms with Crippen LogP contribution in [0.2, 0.25) is 10.0 Å². The second kappa shape index (κ2) is 6.66. The van der Waals surface area contributed by atoms with Crippen molar-refractivity contribution >= 4 is 38.9 Å². The smallest absolute Gasteiger partial charge is 0.240 e. The summed E-state index contributed by atoms with van der Waals surface area (Å²) in [5, 5.41) is 4.14. The molecule has 2 aromatic rings. The van der Waals surface area contributed by atoms with Crippen LogP contribution in [0.25, 0.3) is 0 Å². The Bertz CT molecular complexity index is 748. The predicted octanol–water partition coefficient (Wildman–Crippen LogP) is 3.51. The molecule has 7 heteroatoms. The highest BCUT2D eigenvalue weighted by Crippen LogP contribution is 2.23. The van der Waals surface area contributed by atoms with E-state index < -0.39 is 10.0 Å². The van der Waals surface area contributed by atoms with Crippen LogP contribution in [-0.4, -0.2) is 15.5 Å². The lowest BCUT2D eigenvalue weighted by Crippen LogP contribution is -2.18. The van der Waals surface area contributed by atoms with Gasteiger partial charge in [0.25, 0.3) is 0 Å². The van der Waals surface area contributed by atoms with Crippen molar-refractivity contribution in [2.75, 3.05) is 12.4 Å². The lowest BCUT2D eigenvalue weighted by atomic mass is 10.2. The van der Waals surface area contributed by atoms with Crippen LogP contribution < -0.4 is 10.0 Å². The molecule has 0 heterocycles. The Hall–Kier alpha value is -1.27. The van der Waals surface area contributed by atoms with E-state index in [1.807, 2.05) is 6.07 Å². The molecule has 0 fully saturated rings. The van der Waals surface area contributed by atoms with E-state index in [2.05, 4.69) is 10.0 Å². The fraction of sp³-hybridized carbons (Fsp3) is 0.143. The second-order valence-electron chi connectivity index (χ2n) is 4.34. The van der Waals surface area contributed by atoms with Gasteiger partial charge >= 0.3 is 0 Å². The summed E-state index contributed by atoms with van der Waals surface area (Å²) in [6.07, 6.45) is 0. The van der Waals surface area contributed by atoms with Gasteiger partial charge in [-0.15, -0.1) is 0 Å². The average Bonchev–Trinajstić information content (AvgIpc) is 2.49. The van der Waals surface area contributed by atoms with E-state index in [1.165, 1.54) is 13.1 Å². The number of nitrogens with one attached hydrogen (secondary N) is 2. The van der Waals surface area contributed by atoms with E-state index in [9.17, 15) is 8.42 Å². The maximum absolute atomic E-state index is 11.7. The van der Waals surface area contributed by atoms with Crippen LogP contribution >= 0.6 is 23.2 Å². The molecule has 2 rings (SSSR count). The fourth-order valence-electron chi connectivity index (χ4n) is 1.74. The maximum Gasteiger partial charge on any atom is 0.240 e. The first-order valence-electron chi connectivity index (χ1n) is 6.14. The van der Waals surface area contributed by atoms with Crippen molar-refractivity contribution in [2.24, 2.45) is 0 Å². The molecule has 0 atom stereocenters. The van der Waals surface area contributed by atoms with Crippen molar-refractivity contribution < 1.29 is 8.42 Å². The third-order valence-corrected chi connectivity index (χ3v) is 5.04. The van der Waals surface area contributed by atoms with E-state index in [0.29, 0.717) is 22.3 Å². The molecule has 0 aliphatic heterocycles. The molecule has 0 saturated carbocycles. The van der Waals surface area contributed by atoms with Crippen molar-refractivity contribution in [3.63, 3.8) is 0 Å². The topological polar surface area (TPSA) is 58.2 Å². The summed E-state index contributed by atoms with van der Waals surface area (Å²) in [6.45, 7) is 0.514. The van der Waals surface area contributed by atoms with Crippen LogP contribution in [0.1, 0.15) is 5.56 Å². The summed E-state index contributed by atoms with van der Waals surface area (Å²) < 4.78 is 25.8. The molecule has 0 aromatic heterocycles. The van der Waals surface area contributed by atoms with Gasteiger partial charge in [-0.2, -0.15) is 0 Å². The first-order chi connectivity index (χ1) is 9.92. The maximum atomic E-state index is 11.7. The number of hydrogen-bond acceptors (Lipinski definition) is 3. The Labute approximate surface area is 134 Å². The van der Waals surface area contributed by atoms with Crippen molar-refractivity contribution in [3.05, 3.63) is 58.1 Å². The van der Waals surface area contributed by atoms with Crippen LogP contribution in [0.15, 0.2) is 47.4 Å². The minimum absolute atomic E-state index is 0.212. The van der Waals surface area contributed by atoms with Gasteiger partial charge in [0, 0.05) is 12.2 Å². The molecular formula is C14H14Cl2N2O2S. The molecule has 0 radical (unpaired) electrons.